The van der Waals surface area contributed by atoms with E-state index in [-0.39, 0.29) is 18.0 Å². The zero-order valence-electron chi connectivity index (χ0n) is 11.2. The van der Waals surface area contributed by atoms with Crippen molar-refractivity contribution >= 4 is 29.8 Å². The van der Waals surface area contributed by atoms with E-state index in [9.17, 15) is 10.0 Å². The third-order valence-corrected chi connectivity index (χ3v) is 3.76. The third-order valence-electron chi connectivity index (χ3n) is 2.82. The lowest BCUT2D eigenvalue weighted by molar-refractivity contribution is -0.114. The van der Waals surface area contributed by atoms with Crippen molar-refractivity contribution < 1.29 is 14.8 Å². The molecule has 0 unspecified atom stereocenters. The van der Waals surface area contributed by atoms with Crippen LogP contribution in [-0.4, -0.2) is 52.5 Å². The molecule has 2 heterocycles. The monoisotopic (exact) mass is 299 g/mol. The Labute approximate surface area is 120 Å². The average molecular weight is 299 g/mol. The Balaban J connectivity index is 2.37. The lowest BCUT2D eigenvalue weighted by atomic mass is 10.4. The van der Waals surface area contributed by atoms with E-state index in [1.165, 1.54) is 6.07 Å². The van der Waals surface area contributed by atoms with Crippen LogP contribution >= 0.6 is 11.8 Å². The molecule has 0 aromatic carbocycles. The molecule has 1 aliphatic heterocycles. The van der Waals surface area contributed by atoms with Gasteiger partial charge in [0.1, 0.15) is 5.82 Å². The third kappa shape index (κ3) is 3.05. The summed E-state index contributed by atoms with van der Waals surface area (Å²) in [6.45, 7) is 3.64. The molecule has 1 fully saturated rings. The van der Waals surface area contributed by atoms with Crippen LogP contribution in [0, 0.1) is 5.41 Å². The van der Waals surface area contributed by atoms with Crippen molar-refractivity contribution in [2.75, 3.05) is 41.2 Å². The highest BCUT2D eigenvalue weighted by atomic mass is 32.2. The molecule has 8 nitrogen and oxygen atoms in total. The second kappa shape index (κ2) is 6.62. The first-order valence-corrected chi connectivity index (χ1v) is 7.41. The van der Waals surface area contributed by atoms with Gasteiger partial charge in [0.15, 0.2) is 5.82 Å². The quantitative estimate of drug-likeness (QED) is 0.454. The molecule has 0 bridgehead atoms. The average Bonchev–Trinajstić information content (AvgIpc) is 2.48. The van der Waals surface area contributed by atoms with Gasteiger partial charge in [0.05, 0.1) is 6.61 Å². The smallest absolute Gasteiger partial charge is 0.259 e. The van der Waals surface area contributed by atoms with Crippen molar-refractivity contribution in [3.63, 3.8) is 0 Å². The fourth-order valence-electron chi connectivity index (χ4n) is 1.87. The standard InChI is InChI=1S/C11H17N5O3S/c1-2-19-15(8-17)10-7-9(13-11(12)16(10)18)14-3-5-20-6-4-14/h7-8,12,18H,2-6H2,1H3. The number of anilines is 2. The number of nitrogens with one attached hydrogen (secondary N) is 1. The molecule has 2 rings (SSSR count). The predicted octanol–water partition coefficient (Wildman–Crippen LogP) is 0.0674. The minimum atomic E-state index is -0.345. The van der Waals surface area contributed by atoms with Gasteiger partial charge in [-0.15, -0.1) is 4.73 Å². The van der Waals surface area contributed by atoms with Crippen LogP contribution < -0.4 is 15.6 Å². The Morgan fingerprint density at radius 2 is 2.30 bits per heavy atom. The molecule has 0 aliphatic carbocycles. The number of rotatable bonds is 5. The molecular formula is C11H17N5O3S. The van der Waals surface area contributed by atoms with Gasteiger partial charge >= 0.3 is 0 Å². The number of carbonyl (C=O) groups is 1. The molecule has 20 heavy (non-hydrogen) atoms. The fourth-order valence-corrected chi connectivity index (χ4v) is 2.78. The normalized spacial score (nSPS) is 15.2. The maximum atomic E-state index is 11.0. The van der Waals surface area contributed by atoms with Gasteiger partial charge in [-0.2, -0.15) is 21.8 Å². The Hall–Kier alpha value is -1.74. The summed E-state index contributed by atoms with van der Waals surface area (Å²) in [5.41, 5.74) is -0.345. The molecule has 9 heteroatoms. The molecule has 0 radical (unpaired) electrons. The molecular weight excluding hydrogens is 282 g/mol. The number of hydroxylamine groups is 1. The molecule has 1 aromatic heterocycles. The highest BCUT2D eigenvalue weighted by Crippen LogP contribution is 2.20. The van der Waals surface area contributed by atoms with Crippen molar-refractivity contribution in [2.24, 2.45) is 0 Å². The van der Waals surface area contributed by atoms with Gasteiger partial charge in [-0.05, 0) is 6.92 Å². The second-order valence-corrected chi connectivity index (χ2v) is 5.28. The van der Waals surface area contributed by atoms with Crippen molar-refractivity contribution in [1.29, 1.82) is 5.41 Å². The van der Waals surface area contributed by atoms with E-state index in [4.69, 9.17) is 10.2 Å². The number of nitrogens with zero attached hydrogens (tertiary/aromatic N) is 4. The van der Waals surface area contributed by atoms with Crippen LogP contribution in [0.2, 0.25) is 0 Å². The summed E-state index contributed by atoms with van der Waals surface area (Å²) in [5.74, 6) is 2.60. The van der Waals surface area contributed by atoms with E-state index in [2.05, 4.69) is 4.98 Å². The SMILES string of the molecule is CCON(C=O)c1cc(N2CCSCC2)nc(=N)n1O. The zero-order valence-corrected chi connectivity index (χ0v) is 12.0. The van der Waals surface area contributed by atoms with Crippen LogP contribution in [0.5, 0.6) is 0 Å². The highest BCUT2D eigenvalue weighted by Gasteiger charge is 2.18. The van der Waals surface area contributed by atoms with Crippen molar-refractivity contribution in [1.82, 2.24) is 9.71 Å². The first kappa shape index (κ1) is 14.7. The minimum absolute atomic E-state index is 0.0649. The summed E-state index contributed by atoms with van der Waals surface area (Å²) >= 11 is 1.86. The number of amides is 1. The Morgan fingerprint density at radius 1 is 1.60 bits per heavy atom. The molecule has 1 aromatic rings. The van der Waals surface area contributed by atoms with Crippen molar-refractivity contribution in [3.05, 3.63) is 11.7 Å². The van der Waals surface area contributed by atoms with E-state index in [0.717, 1.165) is 29.7 Å². The van der Waals surface area contributed by atoms with Gasteiger partial charge in [0, 0.05) is 30.7 Å². The predicted molar refractivity (Wildman–Crippen MR) is 75.0 cm³/mol. The Bertz CT molecular complexity index is 529. The van der Waals surface area contributed by atoms with Gasteiger partial charge in [-0.1, -0.05) is 0 Å². The van der Waals surface area contributed by atoms with Gasteiger partial charge in [0.2, 0.25) is 6.41 Å². The van der Waals surface area contributed by atoms with E-state index in [0.29, 0.717) is 17.0 Å². The van der Waals surface area contributed by atoms with Crippen LogP contribution in [-0.2, 0) is 9.63 Å². The fraction of sp³-hybridized carbons (Fsp3) is 0.545. The molecule has 0 spiro atoms. The van der Waals surface area contributed by atoms with E-state index >= 15 is 0 Å². The zero-order chi connectivity index (χ0) is 14.5. The van der Waals surface area contributed by atoms with Crippen LogP contribution in [0.25, 0.3) is 0 Å². The molecule has 0 atom stereocenters. The Morgan fingerprint density at radius 3 is 2.90 bits per heavy atom. The van der Waals surface area contributed by atoms with E-state index < -0.39 is 0 Å². The molecule has 1 saturated heterocycles. The van der Waals surface area contributed by atoms with Crippen molar-refractivity contribution in [3.8, 4) is 0 Å². The first-order valence-electron chi connectivity index (χ1n) is 6.25. The Kier molecular flexibility index (Phi) is 4.85. The summed E-state index contributed by atoms with van der Waals surface area (Å²) in [5, 5.41) is 18.4. The summed E-state index contributed by atoms with van der Waals surface area (Å²) in [4.78, 5) is 22.2. The molecule has 1 aliphatic rings. The largest absolute Gasteiger partial charge is 0.423 e. The molecule has 110 valence electrons. The van der Waals surface area contributed by atoms with Gasteiger partial charge < -0.3 is 10.1 Å². The maximum absolute atomic E-state index is 11.0. The number of hydrogen-bond acceptors (Lipinski definition) is 7. The summed E-state index contributed by atoms with van der Waals surface area (Å²) in [6, 6.07) is 1.54. The van der Waals surface area contributed by atoms with E-state index in [1.807, 2.05) is 16.7 Å². The summed E-state index contributed by atoms with van der Waals surface area (Å²) in [7, 11) is 0. The topological polar surface area (TPSA) is 94.7 Å². The summed E-state index contributed by atoms with van der Waals surface area (Å²) in [6.07, 6.45) is 0.445. The van der Waals surface area contributed by atoms with Crippen molar-refractivity contribution in [2.45, 2.75) is 6.92 Å². The molecule has 0 saturated carbocycles. The van der Waals surface area contributed by atoms with Gasteiger partial charge in [-0.25, -0.2) is 0 Å². The van der Waals surface area contributed by atoms with E-state index in [1.54, 1.807) is 6.92 Å². The summed E-state index contributed by atoms with van der Waals surface area (Å²) < 4.78 is 0.520. The molecule has 2 N–H and O–H groups in total. The maximum Gasteiger partial charge on any atom is 0.259 e. The van der Waals surface area contributed by atoms with Crippen LogP contribution in [0.4, 0.5) is 11.6 Å². The van der Waals surface area contributed by atoms with Gasteiger partial charge in [-0.3, -0.25) is 15.0 Å². The number of thioether (sulfide) groups is 1. The number of hydrogen-bond donors (Lipinski definition) is 2. The number of carbonyl (C=O) groups excluding carboxylic acids is 1. The van der Waals surface area contributed by atoms with Crippen LogP contribution in [0.15, 0.2) is 6.07 Å². The van der Waals surface area contributed by atoms with Crippen LogP contribution in [0.1, 0.15) is 6.92 Å². The molecule has 1 amide bonds. The van der Waals surface area contributed by atoms with Crippen LogP contribution in [0.3, 0.4) is 0 Å². The lowest BCUT2D eigenvalue weighted by Gasteiger charge is -2.28. The lowest BCUT2D eigenvalue weighted by Crippen LogP contribution is -2.37. The minimum Gasteiger partial charge on any atom is -0.423 e. The first-order chi connectivity index (χ1) is 9.67. The highest BCUT2D eigenvalue weighted by molar-refractivity contribution is 7.99. The second-order valence-electron chi connectivity index (χ2n) is 4.06. The number of aromatic nitrogens is 2. The van der Waals surface area contributed by atoms with Gasteiger partial charge in [0.25, 0.3) is 5.62 Å².